The van der Waals surface area contributed by atoms with Crippen LogP contribution in [0.5, 0.6) is 0 Å². The van der Waals surface area contributed by atoms with Crippen molar-refractivity contribution in [3.05, 3.63) is 18.0 Å². The van der Waals surface area contributed by atoms with Gasteiger partial charge in [0, 0.05) is 30.4 Å². The van der Waals surface area contributed by atoms with Gasteiger partial charge in [-0.1, -0.05) is 13.3 Å². The lowest BCUT2D eigenvalue weighted by atomic mass is 10.0. The molecule has 0 spiro atoms. The zero-order valence-corrected chi connectivity index (χ0v) is 8.82. The molecule has 1 aliphatic carbocycles. The third-order valence-corrected chi connectivity index (χ3v) is 3.13. The molecule has 1 aromatic heterocycles. The Morgan fingerprint density at radius 2 is 2.43 bits per heavy atom. The van der Waals surface area contributed by atoms with E-state index in [1.807, 2.05) is 6.20 Å². The van der Waals surface area contributed by atoms with Crippen LogP contribution in [-0.4, -0.2) is 15.8 Å². The Morgan fingerprint density at radius 1 is 1.57 bits per heavy atom. The molecule has 2 unspecified atom stereocenters. The molecule has 3 nitrogen and oxygen atoms in total. The first-order chi connectivity index (χ1) is 6.83. The van der Waals surface area contributed by atoms with E-state index in [4.69, 9.17) is 5.73 Å². The number of nitrogens with zero attached hydrogens (tertiary/aromatic N) is 2. The molecule has 0 aromatic carbocycles. The van der Waals surface area contributed by atoms with Crippen LogP contribution in [0, 0.1) is 0 Å². The van der Waals surface area contributed by atoms with Crippen molar-refractivity contribution < 1.29 is 0 Å². The quantitative estimate of drug-likeness (QED) is 0.796. The number of hydrogen-bond acceptors (Lipinski definition) is 2. The average Bonchev–Trinajstić information content (AvgIpc) is 2.74. The summed E-state index contributed by atoms with van der Waals surface area (Å²) in [7, 11) is 0. The monoisotopic (exact) mass is 193 g/mol. The molecule has 14 heavy (non-hydrogen) atoms. The van der Waals surface area contributed by atoms with E-state index in [0.29, 0.717) is 12.0 Å². The van der Waals surface area contributed by atoms with Gasteiger partial charge in [-0.25, -0.2) is 0 Å². The Labute approximate surface area is 85.3 Å². The Kier molecular flexibility index (Phi) is 2.87. The molecule has 78 valence electrons. The standard InChI is InChI=1S/C11H19N3/c1-2-8-14-11(6-7-13-14)9-4-3-5-10(9)12/h6-7,9-10H,2-5,8,12H2,1H3. The number of aryl methyl sites for hydroxylation is 1. The minimum absolute atomic E-state index is 0.349. The van der Waals surface area contributed by atoms with Crippen molar-refractivity contribution in [1.29, 1.82) is 0 Å². The molecule has 2 N–H and O–H groups in total. The summed E-state index contributed by atoms with van der Waals surface area (Å²) in [6, 6.07) is 2.48. The zero-order valence-electron chi connectivity index (χ0n) is 8.82. The second-order valence-corrected chi connectivity index (χ2v) is 4.18. The van der Waals surface area contributed by atoms with Crippen molar-refractivity contribution in [3.8, 4) is 0 Å². The number of rotatable bonds is 3. The molecule has 0 radical (unpaired) electrons. The molecule has 1 fully saturated rings. The smallest absolute Gasteiger partial charge is 0.0492 e. The van der Waals surface area contributed by atoms with Gasteiger partial charge in [0.1, 0.15) is 0 Å². The van der Waals surface area contributed by atoms with Crippen molar-refractivity contribution in [2.75, 3.05) is 0 Å². The van der Waals surface area contributed by atoms with Crippen LogP contribution in [0.25, 0.3) is 0 Å². The zero-order chi connectivity index (χ0) is 9.97. The fourth-order valence-corrected chi connectivity index (χ4v) is 2.41. The Hall–Kier alpha value is -0.830. The number of aromatic nitrogens is 2. The molecule has 1 aliphatic rings. The van der Waals surface area contributed by atoms with Crippen molar-refractivity contribution >= 4 is 0 Å². The van der Waals surface area contributed by atoms with E-state index in [9.17, 15) is 0 Å². The van der Waals surface area contributed by atoms with Gasteiger partial charge in [-0.3, -0.25) is 4.68 Å². The highest BCUT2D eigenvalue weighted by Gasteiger charge is 2.27. The molecule has 0 saturated heterocycles. The molecular formula is C11H19N3. The predicted octanol–water partition coefficient (Wildman–Crippen LogP) is 1.89. The maximum atomic E-state index is 6.09. The van der Waals surface area contributed by atoms with Gasteiger partial charge < -0.3 is 5.73 Å². The van der Waals surface area contributed by atoms with Gasteiger partial charge in [0.05, 0.1) is 0 Å². The normalized spacial score (nSPS) is 27.0. The summed E-state index contributed by atoms with van der Waals surface area (Å²) >= 11 is 0. The lowest BCUT2D eigenvalue weighted by molar-refractivity contribution is 0.511. The lowest BCUT2D eigenvalue weighted by Gasteiger charge is -2.16. The largest absolute Gasteiger partial charge is 0.327 e. The highest BCUT2D eigenvalue weighted by Crippen LogP contribution is 2.33. The fraction of sp³-hybridized carbons (Fsp3) is 0.727. The van der Waals surface area contributed by atoms with E-state index in [-0.39, 0.29) is 0 Å². The van der Waals surface area contributed by atoms with Gasteiger partial charge in [0.25, 0.3) is 0 Å². The van der Waals surface area contributed by atoms with Crippen LogP contribution >= 0.6 is 0 Å². The van der Waals surface area contributed by atoms with Crippen molar-refractivity contribution in [3.63, 3.8) is 0 Å². The van der Waals surface area contributed by atoms with Crippen LogP contribution in [0.3, 0.4) is 0 Å². The van der Waals surface area contributed by atoms with E-state index in [1.165, 1.54) is 25.0 Å². The number of nitrogens with two attached hydrogens (primary N) is 1. The predicted molar refractivity (Wildman–Crippen MR) is 57.1 cm³/mol. The second-order valence-electron chi connectivity index (χ2n) is 4.18. The molecule has 0 bridgehead atoms. The first-order valence-electron chi connectivity index (χ1n) is 5.60. The lowest BCUT2D eigenvalue weighted by Crippen LogP contribution is -2.24. The van der Waals surface area contributed by atoms with Gasteiger partial charge in [0.15, 0.2) is 0 Å². The summed E-state index contributed by atoms with van der Waals surface area (Å²) in [5.74, 6) is 0.545. The summed E-state index contributed by atoms with van der Waals surface area (Å²) in [5, 5.41) is 4.35. The highest BCUT2D eigenvalue weighted by molar-refractivity contribution is 5.13. The molecule has 1 aromatic rings. The summed E-state index contributed by atoms with van der Waals surface area (Å²) in [6.07, 6.45) is 6.70. The minimum atomic E-state index is 0.349. The summed E-state index contributed by atoms with van der Waals surface area (Å²) in [6.45, 7) is 3.20. The molecule has 2 rings (SSSR count). The Bertz CT molecular complexity index is 292. The van der Waals surface area contributed by atoms with Crippen LogP contribution < -0.4 is 5.73 Å². The highest BCUT2D eigenvalue weighted by atomic mass is 15.3. The van der Waals surface area contributed by atoms with E-state index < -0.39 is 0 Å². The van der Waals surface area contributed by atoms with Gasteiger partial charge in [0.2, 0.25) is 0 Å². The van der Waals surface area contributed by atoms with Gasteiger partial charge in [-0.15, -0.1) is 0 Å². The third kappa shape index (κ3) is 1.69. The van der Waals surface area contributed by atoms with E-state index >= 15 is 0 Å². The third-order valence-electron chi connectivity index (χ3n) is 3.13. The first kappa shape index (κ1) is 9.71. The van der Waals surface area contributed by atoms with E-state index in [1.54, 1.807) is 0 Å². The molecule has 0 aliphatic heterocycles. The molecule has 1 saturated carbocycles. The first-order valence-corrected chi connectivity index (χ1v) is 5.60. The topological polar surface area (TPSA) is 43.8 Å². The van der Waals surface area contributed by atoms with Crippen molar-refractivity contribution in [2.45, 2.75) is 51.1 Å². The summed E-state index contributed by atoms with van der Waals surface area (Å²) in [5.41, 5.74) is 7.44. The van der Waals surface area contributed by atoms with Crippen molar-refractivity contribution in [2.24, 2.45) is 5.73 Å². The Morgan fingerprint density at radius 3 is 3.07 bits per heavy atom. The maximum Gasteiger partial charge on any atom is 0.0492 e. The SMILES string of the molecule is CCCn1nccc1C1CCCC1N. The molecule has 2 atom stereocenters. The molecular weight excluding hydrogens is 174 g/mol. The van der Waals surface area contributed by atoms with Gasteiger partial charge >= 0.3 is 0 Å². The number of hydrogen-bond donors (Lipinski definition) is 1. The van der Waals surface area contributed by atoms with Crippen LogP contribution in [0.15, 0.2) is 12.3 Å². The fourth-order valence-electron chi connectivity index (χ4n) is 2.41. The minimum Gasteiger partial charge on any atom is -0.327 e. The molecule has 3 heteroatoms. The van der Waals surface area contributed by atoms with Crippen LogP contribution in [-0.2, 0) is 6.54 Å². The van der Waals surface area contributed by atoms with Gasteiger partial charge in [-0.05, 0) is 25.3 Å². The second kappa shape index (κ2) is 4.13. The molecule has 0 amide bonds. The average molecular weight is 193 g/mol. The summed E-state index contributed by atoms with van der Waals surface area (Å²) < 4.78 is 2.12. The molecule has 1 heterocycles. The van der Waals surface area contributed by atoms with Crippen LogP contribution in [0.2, 0.25) is 0 Å². The van der Waals surface area contributed by atoms with Crippen LogP contribution in [0.1, 0.15) is 44.2 Å². The van der Waals surface area contributed by atoms with E-state index in [0.717, 1.165) is 13.0 Å². The maximum absolute atomic E-state index is 6.09. The summed E-state index contributed by atoms with van der Waals surface area (Å²) in [4.78, 5) is 0. The van der Waals surface area contributed by atoms with Crippen LogP contribution in [0.4, 0.5) is 0 Å². The van der Waals surface area contributed by atoms with E-state index in [2.05, 4.69) is 22.8 Å². The van der Waals surface area contributed by atoms with Crippen molar-refractivity contribution in [1.82, 2.24) is 9.78 Å². The van der Waals surface area contributed by atoms with Gasteiger partial charge in [-0.2, -0.15) is 5.10 Å². The Balaban J connectivity index is 2.17.